The number of amides is 2. The van der Waals surface area contributed by atoms with E-state index in [9.17, 15) is 36.3 Å². The quantitative estimate of drug-likeness (QED) is 0.0579. The Morgan fingerprint density at radius 1 is 0.567 bits per heavy atom. The summed E-state index contributed by atoms with van der Waals surface area (Å²) in [6.07, 6.45) is 11.1. The van der Waals surface area contributed by atoms with Gasteiger partial charge in [-0.2, -0.15) is 13.2 Å². The minimum Gasteiger partial charge on any atom is -0.475 e. The van der Waals surface area contributed by atoms with Crippen LogP contribution in [-0.4, -0.2) is 82.9 Å². The molecule has 1 aliphatic carbocycles. The van der Waals surface area contributed by atoms with E-state index in [1.807, 2.05) is 60.0 Å². The summed E-state index contributed by atoms with van der Waals surface area (Å²) in [6.45, 7) is 7.84. The lowest BCUT2D eigenvalue weighted by atomic mass is 9.71. The van der Waals surface area contributed by atoms with Crippen molar-refractivity contribution in [3.63, 3.8) is 0 Å². The van der Waals surface area contributed by atoms with Gasteiger partial charge in [-0.1, -0.05) is 145 Å². The second kappa shape index (κ2) is 30.3. The Morgan fingerprint density at radius 2 is 0.978 bits per heavy atom. The summed E-state index contributed by atoms with van der Waals surface area (Å²) in [5, 5.41) is 7.79. The number of carbonyl (C=O) groups excluding carboxylic acids is 3. The van der Waals surface area contributed by atoms with Crippen molar-refractivity contribution in [3.05, 3.63) is 249 Å². The first-order valence-electron chi connectivity index (χ1n) is 29.2. The Hall–Kier alpha value is -7.93. The minimum absolute atomic E-state index is 0.00548. The van der Waals surface area contributed by atoms with Crippen LogP contribution in [0.25, 0.3) is 12.2 Å². The normalized spacial score (nSPS) is 15.5. The fourth-order valence-corrected chi connectivity index (χ4v) is 14.0. The summed E-state index contributed by atoms with van der Waals surface area (Å²) in [6, 6.07) is 52.9. The molecule has 6 aromatic carbocycles. The van der Waals surface area contributed by atoms with Crippen molar-refractivity contribution in [2.75, 3.05) is 42.5 Å². The molecule has 90 heavy (non-hydrogen) atoms. The Bertz CT molecular complexity index is 3840. The summed E-state index contributed by atoms with van der Waals surface area (Å²) in [5.41, 5.74) is 9.13. The SMILES string of the molecule is Cc1cc(C(=O)N2CC3(CCCCC3)c3cc(Sc4ccc(F)cc4)ccc32)cc(Cl)n1.Cc1cc(C(=O)N2CC3(CCN(C/C=C/c4ccccc4)CC3)c3cc(Sc4ccc(F)cc4)ccc32)cc(Cl)n1.O=C(O)C(F)(F)F.O=C/C=C/c1ccccc1. The maximum Gasteiger partial charge on any atom is 0.490 e. The summed E-state index contributed by atoms with van der Waals surface area (Å²) < 4.78 is 58.5. The van der Waals surface area contributed by atoms with Crippen LogP contribution in [0.4, 0.5) is 33.3 Å². The van der Waals surface area contributed by atoms with E-state index in [0.717, 1.165) is 99.5 Å². The monoisotopic (exact) mass is 1300 g/mol. The van der Waals surface area contributed by atoms with Crippen LogP contribution in [0, 0.1) is 25.5 Å². The number of pyridine rings is 2. The number of hydrogen-bond donors (Lipinski definition) is 1. The fourth-order valence-electron chi connectivity index (χ4n) is 11.7. The Morgan fingerprint density at radius 3 is 1.39 bits per heavy atom. The zero-order valence-electron chi connectivity index (χ0n) is 49.3. The summed E-state index contributed by atoms with van der Waals surface area (Å²) in [5.74, 6) is -3.31. The van der Waals surface area contributed by atoms with Gasteiger partial charge in [0.15, 0.2) is 0 Å². The number of aromatic nitrogens is 2. The molecule has 464 valence electrons. The second-order valence-corrected chi connectivity index (χ2v) is 25.4. The molecule has 3 aliphatic heterocycles. The van der Waals surface area contributed by atoms with Crippen molar-refractivity contribution in [1.82, 2.24) is 14.9 Å². The number of carboxylic acid groups (broad SMARTS) is 1. The molecule has 5 heterocycles. The first-order chi connectivity index (χ1) is 43.2. The van der Waals surface area contributed by atoms with Gasteiger partial charge < -0.3 is 14.9 Å². The zero-order chi connectivity index (χ0) is 64.0. The van der Waals surface area contributed by atoms with Crippen LogP contribution in [0.2, 0.25) is 10.3 Å². The molecule has 2 aromatic heterocycles. The van der Waals surface area contributed by atoms with Crippen LogP contribution in [0.3, 0.4) is 0 Å². The van der Waals surface area contributed by atoms with Crippen molar-refractivity contribution in [3.8, 4) is 0 Å². The molecule has 8 aromatic rings. The van der Waals surface area contributed by atoms with Crippen LogP contribution >= 0.6 is 46.7 Å². The molecule has 0 unspecified atom stereocenters. The highest BCUT2D eigenvalue weighted by Crippen LogP contribution is 2.52. The van der Waals surface area contributed by atoms with Crippen molar-refractivity contribution in [2.45, 2.75) is 95.4 Å². The maximum absolute atomic E-state index is 13.9. The van der Waals surface area contributed by atoms with E-state index >= 15 is 0 Å². The molecule has 2 amide bonds. The lowest BCUT2D eigenvalue weighted by Crippen LogP contribution is -2.46. The molecular formula is C71H64Cl2F5N5O5S2. The van der Waals surface area contributed by atoms with E-state index < -0.39 is 12.1 Å². The number of benzene rings is 6. The van der Waals surface area contributed by atoms with Gasteiger partial charge >= 0.3 is 12.1 Å². The van der Waals surface area contributed by atoms with Crippen molar-refractivity contribution in [2.24, 2.45) is 0 Å². The fraction of sp³-hybridized carbons (Fsp3) is 0.239. The van der Waals surface area contributed by atoms with Gasteiger partial charge in [0.2, 0.25) is 0 Å². The maximum atomic E-state index is 13.9. The van der Waals surface area contributed by atoms with Gasteiger partial charge in [0.25, 0.3) is 11.8 Å². The summed E-state index contributed by atoms with van der Waals surface area (Å²) in [7, 11) is 0. The van der Waals surface area contributed by atoms with Gasteiger partial charge in [-0.15, -0.1) is 0 Å². The van der Waals surface area contributed by atoms with E-state index in [1.54, 1.807) is 78.1 Å². The number of likely N-dealkylation sites (tertiary alicyclic amines) is 1. The zero-order valence-corrected chi connectivity index (χ0v) is 52.5. The molecule has 10 nitrogen and oxygen atoms in total. The number of fused-ring (bicyclic) bond motifs is 4. The number of anilines is 2. The number of nitrogens with zero attached hydrogens (tertiary/aromatic N) is 5. The van der Waals surface area contributed by atoms with Crippen LogP contribution < -0.4 is 9.80 Å². The second-order valence-electron chi connectivity index (χ2n) is 22.3. The number of hydrogen-bond acceptors (Lipinski definition) is 9. The average molecular weight is 1300 g/mol. The van der Waals surface area contributed by atoms with Crippen LogP contribution in [-0.2, 0) is 20.4 Å². The van der Waals surface area contributed by atoms with Gasteiger partial charge in [-0.05, 0) is 190 Å². The predicted octanol–water partition coefficient (Wildman–Crippen LogP) is 17.8. The van der Waals surface area contributed by atoms with Crippen molar-refractivity contribution in [1.29, 1.82) is 0 Å². The Balaban J connectivity index is 0.000000172. The first-order valence-corrected chi connectivity index (χ1v) is 31.6. The van der Waals surface area contributed by atoms with E-state index in [0.29, 0.717) is 34.5 Å². The molecule has 1 N–H and O–H groups in total. The molecule has 0 bridgehead atoms. The number of rotatable bonds is 11. The van der Waals surface area contributed by atoms with Crippen LogP contribution in [0.5, 0.6) is 0 Å². The van der Waals surface area contributed by atoms with Crippen molar-refractivity contribution >= 4 is 94.3 Å². The molecule has 1 saturated carbocycles. The van der Waals surface area contributed by atoms with Gasteiger partial charge in [-0.25, -0.2) is 23.5 Å². The van der Waals surface area contributed by atoms with E-state index in [2.05, 4.69) is 87.7 Å². The number of alkyl halides is 3. The summed E-state index contributed by atoms with van der Waals surface area (Å²) in [4.78, 5) is 65.1. The van der Waals surface area contributed by atoms with Gasteiger partial charge in [-0.3, -0.25) is 19.3 Å². The standard InChI is InChI=1S/C34H31ClFN3OS.C26H24ClFN2OS.C9H8O.C2HF3O2/c1-24-20-26(21-32(35)37-24)33(40)39-23-34(15-18-38(19-16-34)17-5-8-25-6-3-2-4-7-25)30-22-29(13-14-31(30)39)41-28-11-9-27(36)10-12-28;1-17-13-18(14-24(27)29-17)25(31)30-16-26(11-3-2-4-12-26)22-15-21(9-10-23(22)30)32-20-7-5-19(28)6-8-20;10-8-4-7-9-5-2-1-3-6-9;3-2(4,5)1(6)7/h2-14,20-22H,15-19,23H2,1H3;5-10,13-15H,2-4,11-12,16H2,1H3;1-8H;(H,6,7)/b8-5+;;7-4+;. The molecule has 12 rings (SSSR count). The highest BCUT2D eigenvalue weighted by Gasteiger charge is 2.48. The Labute approximate surface area is 538 Å². The number of aliphatic carboxylic acids is 1. The van der Waals surface area contributed by atoms with Gasteiger partial charge in [0.1, 0.15) is 28.2 Å². The van der Waals surface area contributed by atoms with E-state index in [1.165, 1.54) is 66.3 Å². The third kappa shape index (κ3) is 17.3. The van der Waals surface area contributed by atoms with Gasteiger partial charge in [0, 0.05) is 83.9 Å². The van der Waals surface area contributed by atoms with E-state index in [-0.39, 0.29) is 34.3 Å². The number of aldehydes is 1. The highest BCUT2D eigenvalue weighted by atomic mass is 35.5. The first kappa shape index (κ1) is 66.5. The smallest absolute Gasteiger partial charge is 0.475 e. The molecule has 4 aliphatic rings. The number of carboxylic acids is 1. The van der Waals surface area contributed by atoms with Crippen LogP contribution in [0.1, 0.15) is 99.3 Å². The van der Waals surface area contributed by atoms with E-state index in [4.69, 9.17) is 33.1 Å². The molecule has 0 radical (unpaired) electrons. The molecule has 2 spiro atoms. The Kier molecular flexibility index (Phi) is 22.4. The molecule has 2 fully saturated rings. The largest absolute Gasteiger partial charge is 0.490 e. The van der Waals surface area contributed by atoms with Crippen molar-refractivity contribution < 1.29 is 46.2 Å². The minimum atomic E-state index is -5.08. The lowest BCUT2D eigenvalue weighted by molar-refractivity contribution is -0.192. The number of carbonyl (C=O) groups is 4. The number of allylic oxidation sites excluding steroid dienone is 1. The highest BCUT2D eigenvalue weighted by molar-refractivity contribution is 7.99. The topological polar surface area (TPSA) is 124 Å². The number of piperidine rings is 1. The van der Waals surface area contributed by atoms with Gasteiger partial charge in [0.05, 0.1) is 0 Å². The molecule has 19 heteroatoms. The molecule has 0 atom stereocenters. The number of halogens is 7. The lowest BCUT2D eigenvalue weighted by Gasteiger charge is -2.39. The third-order valence-corrected chi connectivity index (χ3v) is 18.4. The predicted molar refractivity (Wildman–Crippen MR) is 348 cm³/mol. The third-order valence-electron chi connectivity index (χ3n) is 16.0. The summed E-state index contributed by atoms with van der Waals surface area (Å²) >= 11 is 15.6. The molecular weight excluding hydrogens is 1230 g/mol. The van der Waals surface area contributed by atoms with Crippen LogP contribution in [0.15, 0.2) is 202 Å². The molecule has 1 saturated heterocycles. The average Bonchev–Trinajstić information content (AvgIpc) is 1.61. The number of aryl methyl sites for hydroxylation is 2.